The molecular formula is C93H67N3. The van der Waals surface area contributed by atoms with E-state index >= 15 is 0 Å². The van der Waals surface area contributed by atoms with E-state index in [-0.39, 0.29) is 5.41 Å². The summed E-state index contributed by atoms with van der Waals surface area (Å²) < 4.78 is 0. The Labute approximate surface area is 560 Å². The quantitative estimate of drug-likeness (QED) is 0.0944. The molecule has 0 unspecified atom stereocenters. The Morgan fingerprint density at radius 1 is 0.177 bits per heavy atom. The van der Waals surface area contributed by atoms with Crippen molar-refractivity contribution in [2.24, 2.45) is 0 Å². The van der Waals surface area contributed by atoms with E-state index in [2.05, 4.69) is 399 Å². The van der Waals surface area contributed by atoms with Crippen LogP contribution in [0.3, 0.4) is 0 Å². The fourth-order valence-electron chi connectivity index (χ4n) is 14.7. The van der Waals surface area contributed by atoms with Gasteiger partial charge in [0, 0.05) is 56.6 Å². The van der Waals surface area contributed by atoms with Crippen LogP contribution >= 0.6 is 0 Å². The van der Waals surface area contributed by atoms with Crippen molar-refractivity contribution < 1.29 is 0 Å². The van der Waals surface area contributed by atoms with E-state index in [4.69, 9.17) is 0 Å². The average molecular weight is 1230 g/mol. The molecule has 1 aliphatic carbocycles. The fourth-order valence-corrected chi connectivity index (χ4v) is 14.7. The summed E-state index contributed by atoms with van der Waals surface area (Å²) in [7, 11) is 0. The van der Waals surface area contributed by atoms with Gasteiger partial charge in [-0.1, -0.05) is 263 Å². The lowest BCUT2D eigenvalue weighted by Gasteiger charge is -2.28. The summed E-state index contributed by atoms with van der Waals surface area (Å²) in [6.07, 6.45) is 0. The summed E-state index contributed by atoms with van der Waals surface area (Å²) >= 11 is 0. The molecule has 1 aliphatic rings. The minimum Gasteiger partial charge on any atom is -0.310 e. The first-order valence-electron chi connectivity index (χ1n) is 33.2. The number of hydrogen-bond donors (Lipinski definition) is 0. The Kier molecular flexibility index (Phi) is 14.6. The van der Waals surface area contributed by atoms with Gasteiger partial charge in [-0.05, 0) is 230 Å². The van der Waals surface area contributed by atoms with Crippen molar-refractivity contribution >= 4 is 116 Å². The third-order valence-electron chi connectivity index (χ3n) is 19.6. The van der Waals surface area contributed by atoms with Gasteiger partial charge in [-0.2, -0.15) is 0 Å². The number of fused-ring (bicyclic) bond motifs is 11. The second kappa shape index (κ2) is 24.3. The first-order valence-corrected chi connectivity index (χ1v) is 33.2. The molecule has 0 N–H and O–H groups in total. The van der Waals surface area contributed by atoms with Gasteiger partial charge in [0.25, 0.3) is 0 Å². The van der Waals surface area contributed by atoms with Crippen molar-refractivity contribution in [1.82, 2.24) is 0 Å². The van der Waals surface area contributed by atoms with Crippen LogP contribution in [0.15, 0.2) is 370 Å². The molecule has 0 bridgehead atoms. The predicted octanol–water partition coefficient (Wildman–Crippen LogP) is 26.3. The molecule has 0 heterocycles. The topological polar surface area (TPSA) is 9.72 Å². The van der Waals surface area contributed by atoms with Crippen molar-refractivity contribution in [2.75, 3.05) is 14.7 Å². The molecular weight excluding hydrogens is 1160 g/mol. The van der Waals surface area contributed by atoms with Gasteiger partial charge in [-0.3, -0.25) is 0 Å². The summed E-state index contributed by atoms with van der Waals surface area (Å²) in [5.74, 6) is 0. The maximum absolute atomic E-state index is 2.44. The van der Waals surface area contributed by atoms with E-state index in [1.807, 2.05) is 0 Å². The van der Waals surface area contributed by atoms with Gasteiger partial charge in [-0.15, -0.1) is 0 Å². The Balaban J connectivity index is 0.000000147. The van der Waals surface area contributed by atoms with Gasteiger partial charge < -0.3 is 14.7 Å². The molecule has 96 heavy (non-hydrogen) atoms. The highest BCUT2D eigenvalue weighted by molar-refractivity contribution is 6.12. The second-order valence-electron chi connectivity index (χ2n) is 25.7. The molecule has 0 radical (unpaired) electrons. The highest BCUT2D eigenvalue weighted by Gasteiger charge is 2.36. The summed E-state index contributed by atoms with van der Waals surface area (Å²) in [5.41, 5.74) is 20.4. The molecule has 0 saturated carbocycles. The lowest BCUT2D eigenvalue weighted by atomic mass is 9.82. The molecule has 0 amide bonds. The van der Waals surface area contributed by atoms with Crippen LogP contribution in [0, 0.1) is 0 Å². The molecule has 0 fully saturated rings. The van der Waals surface area contributed by atoms with Crippen molar-refractivity contribution in [1.29, 1.82) is 0 Å². The fraction of sp³-hybridized carbons (Fsp3) is 0.0323. The zero-order valence-corrected chi connectivity index (χ0v) is 53.6. The van der Waals surface area contributed by atoms with Gasteiger partial charge in [0.15, 0.2) is 0 Å². The zero-order chi connectivity index (χ0) is 64.1. The highest BCUT2D eigenvalue weighted by Crippen LogP contribution is 2.51. The molecule has 0 atom stereocenters. The third kappa shape index (κ3) is 10.6. The van der Waals surface area contributed by atoms with Crippen LogP contribution in [0.25, 0.3) is 98.0 Å². The van der Waals surface area contributed by atoms with E-state index in [1.54, 1.807) is 0 Å². The van der Waals surface area contributed by atoms with E-state index in [1.165, 1.54) is 115 Å². The van der Waals surface area contributed by atoms with E-state index in [9.17, 15) is 0 Å². The SMILES string of the molecule is CC1(C)c2ccccc2-c2ccc(N(c3ccc4cc5ccccc5cc4c3)c3ccc4ccc5ccccc5c4c3)cc21.c1ccc(-c2ccc(N(c3ccccc3)c3ccc4ccc5ccc(N(c6ccccc6)c6ccc(-c7ccccc7)cc6)cc5c4c3)cc2)cc1. The van der Waals surface area contributed by atoms with Gasteiger partial charge in [0.05, 0.1) is 0 Å². The first kappa shape index (κ1) is 57.6. The normalized spacial score (nSPS) is 12.1. The molecule has 0 saturated heterocycles. The predicted molar refractivity (Wildman–Crippen MR) is 410 cm³/mol. The molecule has 17 aromatic rings. The molecule has 18 rings (SSSR count). The molecule has 17 aromatic carbocycles. The van der Waals surface area contributed by atoms with Gasteiger partial charge in [0.1, 0.15) is 0 Å². The van der Waals surface area contributed by atoms with E-state index < -0.39 is 0 Å². The second-order valence-corrected chi connectivity index (χ2v) is 25.7. The maximum atomic E-state index is 2.44. The third-order valence-corrected chi connectivity index (χ3v) is 19.6. The van der Waals surface area contributed by atoms with Crippen molar-refractivity contribution in [3.05, 3.63) is 381 Å². The lowest BCUT2D eigenvalue weighted by molar-refractivity contribution is 0.660. The minimum atomic E-state index is -0.0739. The van der Waals surface area contributed by atoms with Crippen molar-refractivity contribution in [3.63, 3.8) is 0 Å². The minimum absolute atomic E-state index is 0.0739. The average Bonchev–Trinajstić information content (AvgIpc) is 1.36. The van der Waals surface area contributed by atoms with Crippen LogP contribution in [0.4, 0.5) is 51.2 Å². The summed E-state index contributed by atoms with van der Waals surface area (Å²) in [6.45, 7) is 4.71. The van der Waals surface area contributed by atoms with Crippen LogP contribution < -0.4 is 14.7 Å². The van der Waals surface area contributed by atoms with Gasteiger partial charge >= 0.3 is 0 Å². The summed E-state index contributed by atoms with van der Waals surface area (Å²) in [6, 6.07) is 134. The Morgan fingerprint density at radius 3 is 0.990 bits per heavy atom. The smallest absolute Gasteiger partial charge is 0.0468 e. The summed E-state index contributed by atoms with van der Waals surface area (Å²) in [4.78, 5) is 7.14. The number of nitrogens with zero attached hydrogens (tertiary/aromatic N) is 3. The molecule has 3 heteroatoms. The number of rotatable bonds is 11. The van der Waals surface area contributed by atoms with Gasteiger partial charge in [0.2, 0.25) is 0 Å². The number of benzene rings is 17. The number of anilines is 9. The van der Waals surface area contributed by atoms with Crippen LogP contribution in [0.1, 0.15) is 25.0 Å². The Bertz CT molecular complexity index is 5540. The van der Waals surface area contributed by atoms with E-state index in [0.29, 0.717) is 0 Å². The van der Waals surface area contributed by atoms with Crippen molar-refractivity contribution in [2.45, 2.75) is 19.3 Å². The van der Waals surface area contributed by atoms with Gasteiger partial charge in [-0.25, -0.2) is 0 Å². The molecule has 0 aliphatic heterocycles. The largest absolute Gasteiger partial charge is 0.310 e. The molecule has 454 valence electrons. The number of hydrogen-bond acceptors (Lipinski definition) is 3. The van der Waals surface area contributed by atoms with E-state index in [0.717, 1.165) is 45.5 Å². The Morgan fingerprint density at radius 2 is 0.479 bits per heavy atom. The molecule has 3 nitrogen and oxygen atoms in total. The van der Waals surface area contributed by atoms with Crippen LogP contribution in [-0.4, -0.2) is 0 Å². The zero-order valence-electron chi connectivity index (χ0n) is 53.6. The molecule has 0 aromatic heterocycles. The van der Waals surface area contributed by atoms with Crippen LogP contribution in [0.5, 0.6) is 0 Å². The van der Waals surface area contributed by atoms with Crippen LogP contribution in [-0.2, 0) is 5.41 Å². The maximum Gasteiger partial charge on any atom is 0.0468 e. The van der Waals surface area contributed by atoms with Crippen LogP contribution in [0.2, 0.25) is 0 Å². The first-order chi connectivity index (χ1) is 47.3. The number of para-hydroxylation sites is 2. The standard InChI is InChI=1S/C50H36N2.C43H31N/c1-5-13-37(14-6-1)39-23-29-45(30-24-39)51(43-17-9-3-10-18-43)47-33-27-41-21-22-42-28-34-48(36-50(42)49(41)35-47)52(44-19-11-4-12-20-44)46-31-25-40(26-32-46)38-15-7-2-8-16-38;1-43(2)41-14-8-7-13-38(41)39-22-21-36(27-42(39)43)44(34-20-18-32-23-30-10-3-4-11-31(30)24-33(32)25-34)35-19-17-29-16-15-28-9-5-6-12-37(28)40(29)26-35/h1-36H;3-27H,1-2H3. The Hall–Kier alpha value is -12.3. The highest BCUT2D eigenvalue weighted by atomic mass is 15.2. The lowest BCUT2D eigenvalue weighted by Crippen LogP contribution is -2.16. The van der Waals surface area contributed by atoms with Crippen molar-refractivity contribution in [3.8, 4) is 33.4 Å². The molecule has 0 spiro atoms. The summed E-state index contributed by atoms with van der Waals surface area (Å²) in [5, 5.41) is 14.9. The monoisotopic (exact) mass is 1230 g/mol.